The van der Waals surface area contributed by atoms with E-state index in [9.17, 15) is 9.59 Å². The maximum absolute atomic E-state index is 11.9. The zero-order chi connectivity index (χ0) is 16.2. The number of carbonyl (C=O) groups excluding carboxylic acids is 1. The number of nitrogens with zero attached hydrogens (tertiary/aromatic N) is 2. The third-order valence-electron chi connectivity index (χ3n) is 3.89. The number of carboxylic acid groups (broad SMARTS) is 1. The lowest BCUT2D eigenvalue weighted by atomic mass is 10.2. The molecular formula is C15H19N3O4S. The van der Waals surface area contributed by atoms with Crippen molar-refractivity contribution < 1.29 is 19.4 Å². The first-order valence-corrected chi connectivity index (χ1v) is 8.66. The van der Waals surface area contributed by atoms with Gasteiger partial charge in [0, 0.05) is 36.0 Å². The van der Waals surface area contributed by atoms with Crippen LogP contribution in [-0.2, 0) is 4.74 Å². The van der Waals surface area contributed by atoms with Crippen LogP contribution in [-0.4, -0.2) is 61.1 Å². The highest BCUT2D eigenvalue weighted by atomic mass is 32.2. The summed E-state index contributed by atoms with van der Waals surface area (Å²) in [7, 11) is 0. The monoisotopic (exact) mass is 337 g/mol. The summed E-state index contributed by atoms with van der Waals surface area (Å²) in [5.74, 6) is 2.27. The van der Waals surface area contributed by atoms with Crippen LogP contribution in [0.1, 0.15) is 0 Å². The molecule has 8 heteroatoms. The third-order valence-corrected chi connectivity index (χ3v) is 4.84. The van der Waals surface area contributed by atoms with Gasteiger partial charge in [-0.05, 0) is 24.3 Å². The van der Waals surface area contributed by atoms with Crippen molar-refractivity contribution in [1.82, 2.24) is 5.32 Å². The molecule has 0 spiro atoms. The molecule has 124 valence electrons. The van der Waals surface area contributed by atoms with E-state index in [1.54, 1.807) is 0 Å². The molecule has 2 N–H and O–H groups in total. The molecule has 0 radical (unpaired) electrons. The van der Waals surface area contributed by atoms with Gasteiger partial charge in [-0.3, -0.25) is 4.90 Å². The lowest BCUT2D eigenvalue weighted by molar-refractivity contribution is 0.136. The molecule has 1 aromatic rings. The first-order valence-electron chi connectivity index (χ1n) is 7.51. The quantitative estimate of drug-likeness (QED) is 0.872. The van der Waals surface area contributed by atoms with Crippen LogP contribution < -0.4 is 15.1 Å². The summed E-state index contributed by atoms with van der Waals surface area (Å²) in [6.45, 7) is 2.53. The number of thioether (sulfide) groups is 1. The van der Waals surface area contributed by atoms with Crippen molar-refractivity contribution in [3.05, 3.63) is 24.3 Å². The Morgan fingerprint density at radius 3 is 2.57 bits per heavy atom. The predicted octanol–water partition coefficient (Wildman–Crippen LogP) is 1.83. The number of benzene rings is 1. The molecule has 1 aromatic carbocycles. The lowest BCUT2D eigenvalue weighted by Gasteiger charge is -2.28. The molecule has 2 heterocycles. The third kappa shape index (κ3) is 3.82. The van der Waals surface area contributed by atoms with Gasteiger partial charge in [0.25, 0.3) is 0 Å². The number of ether oxygens (including phenoxy) is 1. The van der Waals surface area contributed by atoms with Crippen LogP contribution in [0.25, 0.3) is 0 Å². The lowest BCUT2D eigenvalue weighted by Crippen LogP contribution is -2.33. The second-order valence-electron chi connectivity index (χ2n) is 5.42. The summed E-state index contributed by atoms with van der Waals surface area (Å²) < 4.78 is 5.17. The molecule has 0 unspecified atom stereocenters. The van der Waals surface area contributed by atoms with E-state index in [4.69, 9.17) is 9.84 Å². The van der Waals surface area contributed by atoms with Gasteiger partial charge in [-0.25, -0.2) is 9.59 Å². The molecule has 2 aliphatic heterocycles. The van der Waals surface area contributed by atoms with Crippen molar-refractivity contribution in [2.24, 2.45) is 0 Å². The van der Waals surface area contributed by atoms with Crippen LogP contribution in [0.5, 0.6) is 0 Å². The fraction of sp³-hybridized carbons (Fsp3) is 0.467. The molecule has 7 nitrogen and oxygen atoms in total. The van der Waals surface area contributed by atoms with E-state index < -0.39 is 18.3 Å². The van der Waals surface area contributed by atoms with Crippen LogP contribution >= 0.6 is 11.8 Å². The molecule has 2 saturated heterocycles. The van der Waals surface area contributed by atoms with E-state index in [0.29, 0.717) is 6.54 Å². The fourth-order valence-corrected chi connectivity index (χ4v) is 3.61. The van der Waals surface area contributed by atoms with Gasteiger partial charge in [-0.1, -0.05) is 0 Å². The van der Waals surface area contributed by atoms with Gasteiger partial charge in [-0.15, -0.1) is 0 Å². The smallest absolute Gasteiger partial charge is 0.414 e. The summed E-state index contributed by atoms with van der Waals surface area (Å²) in [6.07, 6.45) is -2.02. The Morgan fingerprint density at radius 1 is 1.26 bits per heavy atom. The molecule has 3 rings (SSSR count). The van der Waals surface area contributed by atoms with Crippen LogP contribution in [0.15, 0.2) is 24.3 Å². The fourth-order valence-electron chi connectivity index (χ4n) is 2.70. The summed E-state index contributed by atoms with van der Waals surface area (Å²) >= 11 is 1.97. The van der Waals surface area contributed by atoms with Gasteiger partial charge < -0.3 is 20.1 Å². The SMILES string of the molecule is O=C(O)NC[C@H]1CN(c2ccc(N3CCSCC3)cc2)C(=O)O1. The number of nitrogens with one attached hydrogen (secondary N) is 1. The molecule has 2 fully saturated rings. The Morgan fingerprint density at radius 2 is 1.91 bits per heavy atom. The number of rotatable bonds is 4. The van der Waals surface area contributed by atoms with E-state index in [2.05, 4.69) is 10.2 Å². The van der Waals surface area contributed by atoms with Crippen molar-refractivity contribution >= 4 is 35.3 Å². The van der Waals surface area contributed by atoms with Gasteiger partial charge in [0.1, 0.15) is 6.10 Å². The number of hydrogen-bond acceptors (Lipinski definition) is 5. The van der Waals surface area contributed by atoms with Crippen LogP contribution in [0.3, 0.4) is 0 Å². The maximum Gasteiger partial charge on any atom is 0.414 e. The largest absolute Gasteiger partial charge is 0.465 e. The predicted molar refractivity (Wildman–Crippen MR) is 89.6 cm³/mol. The summed E-state index contributed by atoms with van der Waals surface area (Å²) in [5, 5.41) is 10.8. The normalized spacial score (nSPS) is 21.2. The first kappa shape index (κ1) is 15.8. The average Bonchev–Trinajstić information content (AvgIpc) is 2.95. The zero-order valence-electron chi connectivity index (χ0n) is 12.6. The van der Waals surface area contributed by atoms with Crippen LogP contribution in [0.4, 0.5) is 21.0 Å². The molecule has 0 bridgehead atoms. The molecule has 0 aliphatic carbocycles. The first-order chi connectivity index (χ1) is 11.1. The minimum absolute atomic E-state index is 0.0983. The second kappa shape index (κ2) is 6.99. The summed E-state index contributed by atoms with van der Waals surface area (Å²) in [6, 6.07) is 7.85. The van der Waals surface area contributed by atoms with Gasteiger partial charge in [0.15, 0.2) is 0 Å². The van der Waals surface area contributed by atoms with E-state index in [0.717, 1.165) is 36.0 Å². The average molecular weight is 337 g/mol. The van der Waals surface area contributed by atoms with Crippen molar-refractivity contribution in [2.75, 3.05) is 47.5 Å². The molecule has 2 aliphatic rings. The summed E-state index contributed by atoms with van der Waals surface area (Å²) in [4.78, 5) is 26.3. The van der Waals surface area contributed by atoms with Crippen molar-refractivity contribution in [3.63, 3.8) is 0 Å². The molecule has 0 aromatic heterocycles. The van der Waals surface area contributed by atoms with Crippen molar-refractivity contribution in [1.29, 1.82) is 0 Å². The van der Waals surface area contributed by atoms with E-state index >= 15 is 0 Å². The Hall–Kier alpha value is -2.09. The minimum Gasteiger partial charge on any atom is -0.465 e. The van der Waals surface area contributed by atoms with E-state index in [1.807, 2.05) is 36.0 Å². The Balaban J connectivity index is 1.62. The molecule has 1 atom stereocenters. The van der Waals surface area contributed by atoms with Crippen LogP contribution in [0, 0.1) is 0 Å². The Kier molecular flexibility index (Phi) is 4.80. The van der Waals surface area contributed by atoms with Gasteiger partial charge in [0.05, 0.1) is 13.1 Å². The number of amides is 2. The second-order valence-corrected chi connectivity index (χ2v) is 6.64. The highest BCUT2D eigenvalue weighted by Gasteiger charge is 2.32. The molecule has 2 amide bonds. The highest BCUT2D eigenvalue weighted by molar-refractivity contribution is 7.99. The standard InChI is InChI=1S/C15H19N3O4S/c19-14(20)16-9-13-10-18(15(21)22-13)12-3-1-11(2-4-12)17-5-7-23-8-6-17/h1-4,13,16H,5-10H2,(H,19,20)/t13-/m0/s1. The molecule has 23 heavy (non-hydrogen) atoms. The number of carbonyl (C=O) groups is 2. The van der Waals surface area contributed by atoms with Crippen LogP contribution in [0.2, 0.25) is 0 Å². The topological polar surface area (TPSA) is 82.1 Å². The minimum atomic E-state index is -1.12. The van der Waals surface area contributed by atoms with Crippen molar-refractivity contribution in [3.8, 4) is 0 Å². The summed E-state index contributed by atoms with van der Waals surface area (Å²) in [5.41, 5.74) is 1.92. The zero-order valence-corrected chi connectivity index (χ0v) is 13.4. The number of anilines is 2. The highest BCUT2D eigenvalue weighted by Crippen LogP contribution is 2.26. The maximum atomic E-state index is 11.9. The van der Waals surface area contributed by atoms with Gasteiger partial charge in [0.2, 0.25) is 0 Å². The van der Waals surface area contributed by atoms with E-state index in [-0.39, 0.29) is 6.54 Å². The molecule has 0 saturated carbocycles. The number of hydrogen-bond donors (Lipinski definition) is 2. The van der Waals surface area contributed by atoms with E-state index in [1.165, 1.54) is 4.90 Å². The Labute approximate surface area is 138 Å². The molecular weight excluding hydrogens is 318 g/mol. The van der Waals surface area contributed by atoms with Gasteiger partial charge in [-0.2, -0.15) is 11.8 Å². The van der Waals surface area contributed by atoms with Gasteiger partial charge >= 0.3 is 12.2 Å². The Bertz CT molecular complexity index is 575. The van der Waals surface area contributed by atoms with Crippen molar-refractivity contribution in [2.45, 2.75) is 6.10 Å². The number of cyclic esters (lactones) is 1.